The second-order valence-electron chi connectivity index (χ2n) is 11.7. The summed E-state index contributed by atoms with van der Waals surface area (Å²) < 4.78 is 6.32. The van der Waals surface area contributed by atoms with Crippen molar-refractivity contribution in [2.75, 3.05) is 29.5 Å². The Bertz CT molecular complexity index is 1530. The number of nitrogens with zero attached hydrogens (tertiary/aromatic N) is 2. The molecule has 1 aromatic heterocycles. The first kappa shape index (κ1) is 43.2. The lowest BCUT2D eigenvalue weighted by atomic mass is 9.93. The number of thioether (sulfide) groups is 1. The fourth-order valence-electron chi connectivity index (χ4n) is 5.65. The Morgan fingerprint density at radius 3 is 2.20 bits per heavy atom. The van der Waals surface area contributed by atoms with Crippen LogP contribution in [0.1, 0.15) is 106 Å². The second kappa shape index (κ2) is 22.8. The number of allylic oxidation sites excluding steroid dienone is 9. The molecule has 0 bridgehead atoms. The summed E-state index contributed by atoms with van der Waals surface area (Å²) in [7, 11) is 0. The average molecular weight is 692 g/mol. The molecule has 270 valence electrons. The van der Waals surface area contributed by atoms with Gasteiger partial charge in [-0.25, -0.2) is 4.99 Å². The Kier molecular flexibility index (Phi) is 20.1. The lowest BCUT2D eigenvalue weighted by molar-refractivity contribution is -0.113. The van der Waals surface area contributed by atoms with Gasteiger partial charge >= 0.3 is 0 Å². The van der Waals surface area contributed by atoms with Gasteiger partial charge in [-0.15, -0.1) is 0 Å². The molecule has 0 unspecified atom stereocenters. The van der Waals surface area contributed by atoms with Crippen LogP contribution in [-0.4, -0.2) is 41.2 Å². The van der Waals surface area contributed by atoms with Crippen LogP contribution < -0.4 is 15.6 Å². The summed E-state index contributed by atoms with van der Waals surface area (Å²) in [5, 5.41) is 13.4. The van der Waals surface area contributed by atoms with E-state index in [1.54, 1.807) is 26.0 Å². The predicted molar refractivity (Wildman–Crippen MR) is 214 cm³/mol. The monoisotopic (exact) mass is 691 g/mol. The summed E-state index contributed by atoms with van der Waals surface area (Å²) in [4.78, 5) is 32.1. The van der Waals surface area contributed by atoms with Crippen LogP contribution in [0.15, 0.2) is 97.8 Å². The fraction of sp³-hybridized carbons (Fsp3) is 0.488. The number of rotatable bonds is 13. The highest BCUT2D eigenvalue weighted by atomic mass is 32.2. The van der Waals surface area contributed by atoms with Crippen molar-refractivity contribution < 1.29 is 14.3 Å². The number of ketones is 1. The third-order valence-corrected chi connectivity index (χ3v) is 9.28. The molecule has 0 amide bonds. The molecule has 1 saturated heterocycles. The number of aliphatic hydroxyl groups excluding tert-OH is 1. The van der Waals surface area contributed by atoms with Crippen LogP contribution >= 0.6 is 11.8 Å². The van der Waals surface area contributed by atoms with Gasteiger partial charge in [-0.1, -0.05) is 84.8 Å². The summed E-state index contributed by atoms with van der Waals surface area (Å²) in [5.41, 5.74) is 4.80. The van der Waals surface area contributed by atoms with Crippen LogP contribution in [0.2, 0.25) is 0 Å². The van der Waals surface area contributed by atoms with Crippen molar-refractivity contribution in [1.29, 1.82) is 0 Å². The molecule has 0 atom stereocenters. The highest BCUT2D eigenvalue weighted by molar-refractivity contribution is 7.99. The van der Waals surface area contributed by atoms with Crippen molar-refractivity contribution in [1.82, 2.24) is 5.32 Å². The third kappa shape index (κ3) is 13.6. The Morgan fingerprint density at radius 2 is 1.67 bits per heavy atom. The van der Waals surface area contributed by atoms with Gasteiger partial charge in [0.1, 0.15) is 17.3 Å². The van der Waals surface area contributed by atoms with Gasteiger partial charge in [0.25, 0.3) is 0 Å². The minimum atomic E-state index is -0.177. The predicted octanol–water partition coefficient (Wildman–Crippen LogP) is 10.4. The normalized spacial score (nSPS) is 16.7. The molecular weight excluding hydrogens is 631 g/mol. The minimum absolute atomic E-state index is 0.0629. The number of aliphatic hydroxyl groups is 1. The average Bonchev–Trinajstić information content (AvgIpc) is 3.62. The smallest absolute Gasteiger partial charge is 0.200 e. The number of anilines is 1. The maximum Gasteiger partial charge on any atom is 0.200 e. The quantitative estimate of drug-likeness (QED) is 0.0920. The molecule has 3 rings (SSSR count). The number of carbonyl (C=O) groups is 1. The van der Waals surface area contributed by atoms with Gasteiger partial charge in [0.05, 0.1) is 5.70 Å². The van der Waals surface area contributed by atoms with Crippen LogP contribution in [0.4, 0.5) is 5.88 Å². The van der Waals surface area contributed by atoms with Crippen molar-refractivity contribution >= 4 is 34.7 Å². The molecule has 0 aromatic carbocycles. The van der Waals surface area contributed by atoms with Gasteiger partial charge < -0.3 is 19.7 Å². The highest BCUT2D eigenvalue weighted by Crippen LogP contribution is 2.31. The molecule has 0 radical (unpaired) electrons. The minimum Gasteiger partial charge on any atom is -0.506 e. The van der Waals surface area contributed by atoms with E-state index in [1.807, 2.05) is 91.5 Å². The van der Waals surface area contributed by atoms with Gasteiger partial charge in [0.2, 0.25) is 0 Å². The van der Waals surface area contributed by atoms with E-state index >= 15 is 0 Å². The number of hydrogen-bond donors (Lipinski definition) is 2. The summed E-state index contributed by atoms with van der Waals surface area (Å²) in [6.07, 6.45) is 14.9. The summed E-state index contributed by atoms with van der Waals surface area (Å²) in [6.45, 7) is 28.4. The second-order valence-corrected chi connectivity index (χ2v) is 12.9. The zero-order valence-corrected chi connectivity index (χ0v) is 32.6. The van der Waals surface area contributed by atoms with E-state index < -0.39 is 0 Å². The van der Waals surface area contributed by atoms with Gasteiger partial charge in [0, 0.05) is 47.5 Å². The summed E-state index contributed by atoms with van der Waals surface area (Å²) >= 11 is 1.90. The van der Waals surface area contributed by atoms with Crippen LogP contribution in [0, 0.1) is 12.8 Å². The SMILES string of the molecule is C=C(\N=C(C)/C(=C\C)/C=C(\CC1CCCC1)C(C)=O)N/C(=C/C=C(C)/C(=C/C)c1oc(N2CCSCC2)cc(=O)c1C)C(=C)O.CC.CC. The van der Waals surface area contributed by atoms with E-state index in [2.05, 4.69) is 28.4 Å². The third-order valence-electron chi connectivity index (χ3n) is 8.34. The van der Waals surface area contributed by atoms with Crippen LogP contribution in [0.3, 0.4) is 0 Å². The first-order valence-corrected chi connectivity index (χ1v) is 18.9. The Morgan fingerprint density at radius 1 is 1.06 bits per heavy atom. The molecule has 0 spiro atoms. The van der Waals surface area contributed by atoms with E-state index in [4.69, 9.17) is 4.42 Å². The van der Waals surface area contributed by atoms with Gasteiger partial charge in [-0.2, -0.15) is 11.8 Å². The Labute approximate surface area is 300 Å². The molecule has 1 saturated carbocycles. The van der Waals surface area contributed by atoms with E-state index in [9.17, 15) is 14.7 Å². The van der Waals surface area contributed by atoms with Crippen LogP contribution in [-0.2, 0) is 4.79 Å². The van der Waals surface area contributed by atoms with Gasteiger partial charge in [0.15, 0.2) is 17.1 Å². The zero-order valence-electron chi connectivity index (χ0n) is 31.8. The van der Waals surface area contributed by atoms with E-state index in [0.717, 1.165) is 53.3 Å². The van der Waals surface area contributed by atoms with Crippen molar-refractivity contribution in [3.05, 3.63) is 105 Å². The maximum atomic E-state index is 12.9. The number of nitrogens with one attached hydrogen (secondary N) is 1. The first-order chi connectivity index (χ1) is 23.4. The summed E-state index contributed by atoms with van der Waals surface area (Å²) in [6, 6.07) is 1.58. The molecule has 1 aliphatic carbocycles. The molecule has 2 fully saturated rings. The lowest BCUT2D eigenvalue weighted by Gasteiger charge is -2.27. The Hall–Kier alpha value is -3.78. The zero-order chi connectivity index (χ0) is 37.1. The van der Waals surface area contributed by atoms with Crippen molar-refractivity contribution in [2.45, 2.75) is 101 Å². The Balaban J connectivity index is 0.00000289. The van der Waals surface area contributed by atoms with E-state index in [-0.39, 0.29) is 17.0 Å². The molecule has 1 aromatic rings. The number of Topliss-reactive ketones (excluding diaryl/α,β-unsaturated/α-hetero) is 1. The molecular formula is C41H61N3O4S. The van der Waals surface area contributed by atoms with E-state index in [0.29, 0.717) is 40.4 Å². The molecule has 2 aliphatic rings. The van der Waals surface area contributed by atoms with Crippen molar-refractivity contribution in [3.8, 4) is 0 Å². The largest absolute Gasteiger partial charge is 0.506 e. The van der Waals surface area contributed by atoms with E-state index in [1.165, 1.54) is 25.7 Å². The lowest BCUT2D eigenvalue weighted by Crippen LogP contribution is -2.33. The molecule has 7 nitrogen and oxygen atoms in total. The van der Waals surface area contributed by atoms with Crippen LogP contribution in [0.25, 0.3) is 5.57 Å². The topological polar surface area (TPSA) is 95.1 Å². The highest BCUT2D eigenvalue weighted by Gasteiger charge is 2.20. The summed E-state index contributed by atoms with van der Waals surface area (Å²) in [5.74, 6) is 3.90. The van der Waals surface area contributed by atoms with Crippen LogP contribution in [0.5, 0.6) is 0 Å². The maximum absolute atomic E-state index is 12.9. The molecule has 1 aliphatic heterocycles. The molecule has 8 heteroatoms. The molecule has 2 N–H and O–H groups in total. The molecule has 49 heavy (non-hydrogen) atoms. The van der Waals surface area contributed by atoms with Crippen molar-refractivity contribution in [3.63, 3.8) is 0 Å². The fourth-order valence-corrected chi connectivity index (χ4v) is 6.55. The number of carbonyl (C=O) groups excluding carboxylic acids is 1. The van der Waals surface area contributed by atoms with Gasteiger partial charge in [-0.3, -0.25) is 9.59 Å². The van der Waals surface area contributed by atoms with Crippen molar-refractivity contribution in [2.24, 2.45) is 10.9 Å². The number of aliphatic imine (C=N–C) groups is 1. The van der Waals surface area contributed by atoms with Gasteiger partial charge in [-0.05, 0) is 82.8 Å². The first-order valence-electron chi connectivity index (χ1n) is 17.8. The standard InChI is InChI=1S/C37H49N3O4S.2C2H6/c1-9-31(22-32(27(6)41)21-30-13-11-12-14-30)26(5)38-29(8)39-34(28(7)42)16-15-24(3)33(10-2)37-25(4)35(43)23-36(44-37)40-17-19-45-20-18-40;2*1-2/h9-10,15-16,22-23,30,39,42H,7-8,11-14,17-21H2,1-6H3;2*1-2H3/b24-15+,31-9-,32-22+,33-10-,34-16+,38-26-;;. The molecule has 2 heterocycles. The number of hydrogen-bond acceptors (Lipinski definition) is 8.